The first kappa shape index (κ1) is 17.4. The molecule has 0 heterocycles. The van der Waals surface area contributed by atoms with Crippen LogP contribution in [-0.4, -0.2) is 39.3 Å². The largest absolute Gasteiger partial charge is 0.462 e. The number of hydrogen-bond donors (Lipinski definition) is 2. The second-order valence-corrected chi connectivity index (χ2v) is 7.92. The van der Waals surface area contributed by atoms with Gasteiger partial charge in [0.05, 0.1) is 11.2 Å². The minimum atomic E-state index is -1.07. The first-order valence-corrected chi connectivity index (χ1v) is 8.10. The maximum Gasteiger partial charge on any atom is 0.302 e. The third-order valence-electron chi connectivity index (χ3n) is 5.55. The zero-order valence-electron chi connectivity index (χ0n) is 14.1. The number of aliphatic hydroxyl groups is 2. The van der Waals surface area contributed by atoms with Crippen molar-refractivity contribution in [3.8, 4) is 0 Å². The molecule has 2 fully saturated rings. The van der Waals surface area contributed by atoms with Crippen molar-refractivity contribution >= 4 is 11.8 Å². The Morgan fingerprint density at radius 3 is 2.50 bits per heavy atom. The van der Waals surface area contributed by atoms with Crippen molar-refractivity contribution in [2.45, 2.75) is 71.2 Å². The summed E-state index contributed by atoms with van der Waals surface area (Å²) in [6.45, 7) is 8.42. The van der Waals surface area contributed by atoms with Crippen molar-refractivity contribution in [3.05, 3.63) is 0 Å². The van der Waals surface area contributed by atoms with E-state index in [4.69, 9.17) is 4.74 Å². The van der Waals surface area contributed by atoms with Gasteiger partial charge in [-0.2, -0.15) is 0 Å². The van der Waals surface area contributed by atoms with Crippen molar-refractivity contribution < 1.29 is 24.5 Å². The van der Waals surface area contributed by atoms with Gasteiger partial charge in [0.1, 0.15) is 11.9 Å². The van der Waals surface area contributed by atoms with E-state index in [0.717, 1.165) is 0 Å². The number of fused-ring (bicyclic) bond motifs is 1. The van der Waals surface area contributed by atoms with Crippen LogP contribution in [0.2, 0.25) is 0 Å². The molecule has 126 valence electrons. The van der Waals surface area contributed by atoms with Crippen LogP contribution in [0.1, 0.15) is 53.9 Å². The SMILES string of the molecule is CC(=O)OC1C(C(C)(C)O)C[C@H](C)C2C(=O)CCC(C)(O)C12. The molecule has 2 aliphatic carbocycles. The summed E-state index contributed by atoms with van der Waals surface area (Å²) in [4.78, 5) is 24.0. The van der Waals surface area contributed by atoms with Gasteiger partial charge in [-0.15, -0.1) is 0 Å². The zero-order valence-corrected chi connectivity index (χ0v) is 14.1. The number of ether oxygens (including phenoxy) is 1. The van der Waals surface area contributed by atoms with Gasteiger partial charge in [-0.05, 0) is 39.5 Å². The molecule has 5 unspecified atom stereocenters. The van der Waals surface area contributed by atoms with Gasteiger partial charge in [0.25, 0.3) is 0 Å². The molecule has 0 aromatic rings. The summed E-state index contributed by atoms with van der Waals surface area (Å²) in [5, 5.41) is 21.4. The van der Waals surface area contributed by atoms with Gasteiger partial charge in [0.2, 0.25) is 0 Å². The van der Waals surface area contributed by atoms with Crippen LogP contribution in [0.5, 0.6) is 0 Å². The maximum atomic E-state index is 12.4. The Morgan fingerprint density at radius 2 is 2.00 bits per heavy atom. The molecule has 2 saturated carbocycles. The predicted molar refractivity (Wildman–Crippen MR) is 81.0 cm³/mol. The maximum absolute atomic E-state index is 12.4. The van der Waals surface area contributed by atoms with E-state index in [1.165, 1.54) is 6.92 Å². The highest BCUT2D eigenvalue weighted by Crippen LogP contribution is 2.52. The van der Waals surface area contributed by atoms with E-state index in [2.05, 4.69) is 0 Å². The Hall–Kier alpha value is -0.940. The third-order valence-corrected chi connectivity index (χ3v) is 5.55. The standard InChI is InChI=1S/C17H28O5/c1-9-8-11(16(3,4)20)15(22-10(2)18)14-13(9)12(19)6-7-17(14,5)21/h9,11,13-15,20-21H,6-8H2,1-5H3/t9-,11?,13?,14?,15?,17?/m0/s1. The molecule has 5 heteroatoms. The molecule has 0 aromatic heterocycles. The Labute approximate surface area is 132 Å². The molecule has 0 spiro atoms. The van der Waals surface area contributed by atoms with Gasteiger partial charge in [-0.3, -0.25) is 9.59 Å². The fourth-order valence-electron chi connectivity index (χ4n) is 4.50. The highest BCUT2D eigenvalue weighted by atomic mass is 16.5. The number of esters is 1. The summed E-state index contributed by atoms with van der Waals surface area (Å²) in [7, 11) is 0. The lowest BCUT2D eigenvalue weighted by molar-refractivity contribution is -0.206. The second-order valence-electron chi connectivity index (χ2n) is 7.92. The lowest BCUT2D eigenvalue weighted by Gasteiger charge is -2.54. The number of Topliss-reactive ketones (excluding diaryl/α,β-unsaturated/α-hetero) is 1. The molecule has 0 amide bonds. The van der Waals surface area contributed by atoms with Crippen LogP contribution in [0.3, 0.4) is 0 Å². The molecular weight excluding hydrogens is 284 g/mol. The lowest BCUT2D eigenvalue weighted by Crippen LogP contribution is -2.62. The van der Waals surface area contributed by atoms with E-state index in [1.54, 1.807) is 20.8 Å². The quantitative estimate of drug-likeness (QED) is 0.758. The molecule has 2 aliphatic rings. The molecular formula is C17H28O5. The van der Waals surface area contributed by atoms with Crippen LogP contribution in [0.4, 0.5) is 0 Å². The smallest absolute Gasteiger partial charge is 0.302 e. The van der Waals surface area contributed by atoms with Gasteiger partial charge in [-0.25, -0.2) is 0 Å². The van der Waals surface area contributed by atoms with Gasteiger partial charge in [0.15, 0.2) is 0 Å². The summed E-state index contributed by atoms with van der Waals surface area (Å²) in [6.07, 6.45) is 0.692. The van der Waals surface area contributed by atoms with E-state index in [9.17, 15) is 19.8 Å². The summed E-state index contributed by atoms with van der Waals surface area (Å²) >= 11 is 0. The molecule has 22 heavy (non-hydrogen) atoms. The van der Waals surface area contributed by atoms with Crippen LogP contribution < -0.4 is 0 Å². The van der Waals surface area contributed by atoms with Gasteiger partial charge in [-0.1, -0.05) is 6.92 Å². The molecule has 0 aliphatic heterocycles. The average molecular weight is 312 g/mol. The number of rotatable bonds is 2. The fourth-order valence-corrected chi connectivity index (χ4v) is 4.50. The minimum Gasteiger partial charge on any atom is -0.462 e. The summed E-state index contributed by atoms with van der Waals surface area (Å²) < 4.78 is 5.52. The zero-order chi connectivity index (χ0) is 16.9. The number of carbonyl (C=O) groups is 2. The van der Waals surface area contributed by atoms with Crippen molar-refractivity contribution in [2.75, 3.05) is 0 Å². The highest BCUT2D eigenvalue weighted by Gasteiger charge is 2.58. The van der Waals surface area contributed by atoms with Gasteiger partial charge in [0, 0.05) is 31.1 Å². The van der Waals surface area contributed by atoms with Crippen LogP contribution in [0, 0.1) is 23.7 Å². The molecule has 0 radical (unpaired) electrons. The van der Waals surface area contributed by atoms with E-state index >= 15 is 0 Å². The Balaban J connectivity index is 2.48. The van der Waals surface area contributed by atoms with Crippen LogP contribution in [0.15, 0.2) is 0 Å². The first-order valence-electron chi connectivity index (χ1n) is 8.10. The van der Waals surface area contributed by atoms with Crippen molar-refractivity contribution in [1.82, 2.24) is 0 Å². The van der Waals surface area contributed by atoms with Crippen LogP contribution in [-0.2, 0) is 14.3 Å². The van der Waals surface area contributed by atoms with Crippen molar-refractivity contribution in [1.29, 1.82) is 0 Å². The second kappa shape index (κ2) is 5.60. The number of ketones is 1. The molecule has 0 saturated heterocycles. The fraction of sp³-hybridized carbons (Fsp3) is 0.882. The molecule has 6 atom stereocenters. The monoisotopic (exact) mass is 312 g/mol. The topological polar surface area (TPSA) is 83.8 Å². The Kier molecular flexibility index (Phi) is 4.44. The molecule has 0 aromatic carbocycles. The Bertz CT molecular complexity index is 462. The predicted octanol–water partition coefficient (Wildman–Crippen LogP) is 1.69. The summed E-state index contributed by atoms with van der Waals surface area (Å²) in [5.41, 5.74) is -2.12. The molecule has 0 bridgehead atoms. The van der Waals surface area contributed by atoms with Crippen molar-refractivity contribution in [3.63, 3.8) is 0 Å². The summed E-state index contributed by atoms with van der Waals surface area (Å²) in [5.74, 6) is -1.33. The highest BCUT2D eigenvalue weighted by molar-refractivity contribution is 5.83. The average Bonchev–Trinajstić information content (AvgIpc) is 2.34. The van der Waals surface area contributed by atoms with Crippen LogP contribution >= 0.6 is 0 Å². The lowest BCUT2D eigenvalue weighted by atomic mass is 9.54. The van der Waals surface area contributed by atoms with E-state index in [1.807, 2.05) is 6.92 Å². The van der Waals surface area contributed by atoms with Gasteiger partial charge >= 0.3 is 5.97 Å². The minimum absolute atomic E-state index is 0.0486. The first-order chi connectivity index (χ1) is 9.95. The van der Waals surface area contributed by atoms with E-state index in [0.29, 0.717) is 19.3 Å². The normalized spacial score (nSPS) is 42.7. The van der Waals surface area contributed by atoms with E-state index < -0.39 is 29.2 Å². The number of carbonyl (C=O) groups excluding carboxylic acids is 2. The van der Waals surface area contributed by atoms with E-state index in [-0.39, 0.29) is 23.5 Å². The summed E-state index contributed by atoms with van der Waals surface area (Å²) in [6, 6.07) is 0. The molecule has 2 N–H and O–H groups in total. The van der Waals surface area contributed by atoms with Crippen LogP contribution in [0.25, 0.3) is 0 Å². The van der Waals surface area contributed by atoms with Gasteiger partial charge < -0.3 is 14.9 Å². The van der Waals surface area contributed by atoms with Crippen molar-refractivity contribution in [2.24, 2.45) is 23.7 Å². The molecule has 5 nitrogen and oxygen atoms in total. The third kappa shape index (κ3) is 3.06. The number of hydrogen-bond acceptors (Lipinski definition) is 5. The Morgan fingerprint density at radius 1 is 1.41 bits per heavy atom. The molecule has 2 rings (SSSR count).